The van der Waals surface area contributed by atoms with Gasteiger partial charge in [-0.25, -0.2) is 0 Å². The van der Waals surface area contributed by atoms with Crippen molar-refractivity contribution in [1.82, 2.24) is 0 Å². The van der Waals surface area contributed by atoms with Crippen LogP contribution in [-0.2, 0) is 4.79 Å². The van der Waals surface area contributed by atoms with Crippen molar-refractivity contribution >= 4 is 11.6 Å². The molecule has 0 aliphatic heterocycles. The summed E-state index contributed by atoms with van der Waals surface area (Å²) in [6.07, 6.45) is 0.959. The standard InChI is InChI=1S/C18H19NO/c1-12-7-6-10-17(13(12)2)19-18(20)16-11-15(16)14-8-4-3-5-9-14/h3-10,15-16H,11H2,1-2H3,(H,19,20)/t15-,16-/m0/s1. The Bertz CT molecular complexity index is 633. The smallest absolute Gasteiger partial charge is 0.228 e. The van der Waals surface area contributed by atoms with E-state index in [0.29, 0.717) is 5.92 Å². The first kappa shape index (κ1) is 12.9. The molecule has 2 heteroatoms. The fraction of sp³-hybridized carbons (Fsp3) is 0.278. The molecule has 20 heavy (non-hydrogen) atoms. The van der Waals surface area contributed by atoms with E-state index in [0.717, 1.165) is 17.7 Å². The molecule has 0 heterocycles. The molecule has 1 aliphatic rings. The van der Waals surface area contributed by atoms with Crippen molar-refractivity contribution in [3.63, 3.8) is 0 Å². The van der Waals surface area contributed by atoms with E-state index < -0.39 is 0 Å². The van der Waals surface area contributed by atoms with Crippen LogP contribution in [0, 0.1) is 19.8 Å². The maximum atomic E-state index is 12.3. The SMILES string of the molecule is Cc1cccc(NC(=O)[C@H]2C[C@H]2c2ccccc2)c1C. The zero-order valence-electron chi connectivity index (χ0n) is 11.9. The van der Waals surface area contributed by atoms with E-state index in [-0.39, 0.29) is 11.8 Å². The summed E-state index contributed by atoms with van der Waals surface area (Å²) in [5, 5.41) is 3.07. The first-order chi connectivity index (χ1) is 9.66. The number of anilines is 1. The molecule has 1 aliphatic carbocycles. The summed E-state index contributed by atoms with van der Waals surface area (Å²) >= 11 is 0. The Balaban J connectivity index is 1.69. The van der Waals surface area contributed by atoms with E-state index in [9.17, 15) is 4.79 Å². The first-order valence-corrected chi connectivity index (χ1v) is 7.09. The number of carbonyl (C=O) groups is 1. The Kier molecular flexibility index (Phi) is 3.31. The minimum atomic E-state index is 0.123. The molecule has 2 aromatic carbocycles. The summed E-state index contributed by atoms with van der Waals surface area (Å²) in [5.41, 5.74) is 4.57. The van der Waals surface area contributed by atoms with Gasteiger partial charge in [0, 0.05) is 11.6 Å². The summed E-state index contributed by atoms with van der Waals surface area (Å²) < 4.78 is 0. The highest BCUT2D eigenvalue weighted by Crippen LogP contribution is 2.47. The third-order valence-corrected chi connectivity index (χ3v) is 4.22. The average molecular weight is 265 g/mol. The van der Waals surface area contributed by atoms with Crippen molar-refractivity contribution in [2.24, 2.45) is 5.92 Å². The molecule has 0 bridgehead atoms. The van der Waals surface area contributed by atoms with Gasteiger partial charge in [0.05, 0.1) is 0 Å². The lowest BCUT2D eigenvalue weighted by atomic mass is 10.1. The fourth-order valence-corrected chi connectivity index (χ4v) is 2.67. The molecule has 1 N–H and O–H groups in total. The number of carbonyl (C=O) groups excluding carboxylic acids is 1. The van der Waals surface area contributed by atoms with Crippen molar-refractivity contribution < 1.29 is 4.79 Å². The van der Waals surface area contributed by atoms with Crippen LogP contribution in [-0.4, -0.2) is 5.91 Å². The first-order valence-electron chi connectivity index (χ1n) is 7.09. The normalized spacial score (nSPS) is 20.5. The lowest BCUT2D eigenvalue weighted by Crippen LogP contribution is -2.15. The van der Waals surface area contributed by atoms with Gasteiger partial charge in [-0.05, 0) is 48.9 Å². The van der Waals surface area contributed by atoms with Gasteiger partial charge in [-0.1, -0.05) is 42.5 Å². The number of hydrogen-bond acceptors (Lipinski definition) is 1. The van der Waals surface area contributed by atoms with Crippen molar-refractivity contribution in [2.75, 3.05) is 5.32 Å². The van der Waals surface area contributed by atoms with E-state index in [2.05, 4.69) is 30.4 Å². The van der Waals surface area contributed by atoms with Crippen LogP contribution in [0.1, 0.15) is 29.0 Å². The largest absolute Gasteiger partial charge is 0.326 e. The minimum Gasteiger partial charge on any atom is -0.326 e. The van der Waals surface area contributed by atoms with E-state index in [1.165, 1.54) is 11.1 Å². The summed E-state index contributed by atoms with van der Waals surface area (Å²) in [7, 11) is 0. The van der Waals surface area contributed by atoms with E-state index in [1.54, 1.807) is 0 Å². The van der Waals surface area contributed by atoms with Crippen LogP contribution in [0.2, 0.25) is 0 Å². The van der Waals surface area contributed by atoms with Gasteiger partial charge >= 0.3 is 0 Å². The van der Waals surface area contributed by atoms with Gasteiger partial charge in [0.2, 0.25) is 5.91 Å². The second-order valence-electron chi connectivity index (χ2n) is 5.60. The summed E-state index contributed by atoms with van der Waals surface area (Å²) in [4.78, 5) is 12.3. The molecule has 0 radical (unpaired) electrons. The van der Waals surface area contributed by atoms with Crippen LogP contribution in [0.4, 0.5) is 5.69 Å². The summed E-state index contributed by atoms with van der Waals surface area (Å²) in [6, 6.07) is 16.3. The number of hydrogen-bond donors (Lipinski definition) is 1. The second kappa shape index (κ2) is 5.12. The van der Waals surface area contributed by atoms with Gasteiger partial charge in [0.1, 0.15) is 0 Å². The predicted molar refractivity (Wildman–Crippen MR) is 81.8 cm³/mol. The highest BCUT2D eigenvalue weighted by molar-refractivity contribution is 5.96. The molecule has 2 aromatic rings. The van der Waals surface area contributed by atoms with Crippen molar-refractivity contribution in [1.29, 1.82) is 0 Å². The molecule has 3 rings (SSSR count). The molecule has 102 valence electrons. The number of rotatable bonds is 3. The molecule has 0 saturated heterocycles. The highest BCUT2D eigenvalue weighted by atomic mass is 16.2. The molecule has 1 saturated carbocycles. The van der Waals surface area contributed by atoms with Gasteiger partial charge in [-0.2, -0.15) is 0 Å². The fourth-order valence-electron chi connectivity index (χ4n) is 2.67. The highest BCUT2D eigenvalue weighted by Gasteiger charge is 2.43. The quantitative estimate of drug-likeness (QED) is 0.891. The van der Waals surface area contributed by atoms with Gasteiger partial charge in [-0.3, -0.25) is 4.79 Å². The Morgan fingerprint density at radius 2 is 1.80 bits per heavy atom. The van der Waals surface area contributed by atoms with E-state index >= 15 is 0 Å². The lowest BCUT2D eigenvalue weighted by Gasteiger charge is -2.10. The Morgan fingerprint density at radius 3 is 2.55 bits per heavy atom. The molecule has 0 aromatic heterocycles. The number of benzene rings is 2. The van der Waals surface area contributed by atoms with Gasteiger partial charge in [0.25, 0.3) is 0 Å². The summed E-state index contributed by atoms with van der Waals surface area (Å²) in [5.74, 6) is 0.659. The molecule has 2 atom stereocenters. The van der Waals surface area contributed by atoms with Gasteiger partial charge < -0.3 is 5.32 Å². The molecule has 2 nitrogen and oxygen atoms in total. The number of amides is 1. The maximum Gasteiger partial charge on any atom is 0.228 e. The molecule has 1 fully saturated rings. The predicted octanol–water partition coefficient (Wildman–Crippen LogP) is 4.05. The van der Waals surface area contributed by atoms with Crippen molar-refractivity contribution in [3.05, 3.63) is 65.2 Å². The van der Waals surface area contributed by atoms with Crippen LogP contribution in [0.5, 0.6) is 0 Å². The van der Waals surface area contributed by atoms with Gasteiger partial charge in [-0.15, -0.1) is 0 Å². The van der Waals surface area contributed by atoms with E-state index in [1.807, 2.05) is 37.3 Å². The molecular weight excluding hydrogens is 246 g/mol. The van der Waals surface area contributed by atoms with Crippen molar-refractivity contribution in [3.8, 4) is 0 Å². The van der Waals surface area contributed by atoms with Crippen LogP contribution < -0.4 is 5.32 Å². The maximum absolute atomic E-state index is 12.3. The Hall–Kier alpha value is -2.09. The number of aryl methyl sites for hydroxylation is 1. The molecular formula is C18H19NO. The molecule has 0 spiro atoms. The van der Waals surface area contributed by atoms with Crippen molar-refractivity contribution in [2.45, 2.75) is 26.2 Å². The third kappa shape index (κ3) is 2.46. The zero-order valence-corrected chi connectivity index (χ0v) is 11.9. The van der Waals surface area contributed by atoms with Gasteiger partial charge in [0.15, 0.2) is 0 Å². The average Bonchev–Trinajstić information content (AvgIpc) is 3.25. The van der Waals surface area contributed by atoms with Crippen LogP contribution in [0.15, 0.2) is 48.5 Å². The zero-order chi connectivity index (χ0) is 14.1. The monoisotopic (exact) mass is 265 g/mol. The second-order valence-corrected chi connectivity index (χ2v) is 5.60. The Labute approximate surface area is 119 Å². The van der Waals surface area contributed by atoms with E-state index in [4.69, 9.17) is 0 Å². The third-order valence-electron chi connectivity index (χ3n) is 4.22. The summed E-state index contributed by atoms with van der Waals surface area (Å²) in [6.45, 7) is 4.11. The minimum absolute atomic E-state index is 0.123. The molecule has 0 unspecified atom stereocenters. The van der Waals surface area contributed by atoms with Crippen LogP contribution in [0.25, 0.3) is 0 Å². The lowest BCUT2D eigenvalue weighted by molar-refractivity contribution is -0.117. The molecule has 1 amide bonds. The van der Waals surface area contributed by atoms with Crippen LogP contribution >= 0.6 is 0 Å². The number of nitrogens with one attached hydrogen (secondary N) is 1. The van der Waals surface area contributed by atoms with Crippen LogP contribution in [0.3, 0.4) is 0 Å². The topological polar surface area (TPSA) is 29.1 Å². The Morgan fingerprint density at radius 1 is 1.05 bits per heavy atom.